The van der Waals surface area contributed by atoms with Crippen molar-refractivity contribution in [2.45, 2.75) is 19.9 Å². The molecule has 0 aliphatic heterocycles. The lowest BCUT2D eigenvalue weighted by atomic mass is 10.1. The molecule has 2 aromatic carbocycles. The van der Waals surface area contributed by atoms with Crippen molar-refractivity contribution in [3.05, 3.63) is 63.6 Å². The maximum atomic E-state index is 12.1. The predicted molar refractivity (Wildman–Crippen MR) is 103 cm³/mol. The third-order valence-electron chi connectivity index (χ3n) is 3.66. The molecule has 2 rings (SSSR count). The minimum absolute atomic E-state index is 0.138. The first-order chi connectivity index (χ1) is 12.4. The smallest absolute Gasteiger partial charge is 0.251 e. The fraction of sp³-hybridized carbons (Fsp3) is 0.263. The van der Waals surface area contributed by atoms with Crippen LogP contribution in [0.5, 0.6) is 5.75 Å². The summed E-state index contributed by atoms with van der Waals surface area (Å²) in [5.74, 6) is 0.0934. The maximum absolute atomic E-state index is 12.1. The van der Waals surface area contributed by atoms with E-state index < -0.39 is 5.91 Å². The fourth-order valence-corrected chi connectivity index (χ4v) is 2.59. The molecule has 1 atom stereocenters. The predicted octanol–water partition coefficient (Wildman–Crippen LogP) is 4.00. The van der Waals surface area contributed by atoms with Crippen LogP contribution in [0.3, 0.4) is 0 Å². The first-order valence-corrected chi connectivity index (χ1v) is 8.91. The Morgan fingerprint density at radius 2 is 1.77 bits per heavy atom. The minimum Gasteiger partial charge on any atom is -0.494 e. The van der Waals surface area contributed by atoms with Crippen LogP contribution in [0.1, 0.15) is 35.8 Å². The normalized spacial score (nSPS) is 11.5. The van der Waals surface area contributed by atoms with E-state index in [-0.39, 0.29) is 23.5 Å². The van der Waals surface area contributed by atoms with Gasteiger partial charge in [0.15, 0.2) is 0 Å². The van der Waals surface area contributed by atoms with Crippen molar-refractivity contribution in [3.63, 3.8) is 0 Å². The van der Waals surface area contributed by atoms with Gasteiger partial charge in [-0.2, -0.15) is 0 Å². The quantitative estimate of drug-likeness (QED) is 0.745. The summed E-state index contributed by atoms with van der Waals surface area (Å²) >= 11 is 11.7. The van der Waals surface area contributed by atoms with E-state index >= 15 is 0 Å². The largest absolute Gasteiger partial charge is 0.494 e. The lowest BCUT2D eigenvalue weighted by Gasteiger charge is -2.15. The van der Waals surface area contributed by atoms with E-state index in [1.165, 1.54) is 12.1 Å². The molecule has 138 valence electrons. The molecule has 0 heterocycles. The number of amides is 2. The standard InChI is InChI=1S/C19H20Cl2N2O3/c1-3-26-15-7-4-13(5-8-15)12(2)23-18(24)11-22-19(25)14-6-9-16(20)17(21)10-14/h4-10,12H,3,11H2,1-2H3,(H,22,25)(H,23,24). The van der Waals surface area contributed by atoms with E-state index in [2.05, 4.69) is 10.6 Å². The minimum atomic E-state index is -0.396. The first kappa shape index (κ1) is 20.1. The number of rotatable bonds is 7. The Morgan fingerprint density at radius 3 is 2.38 bits per heavy atom. The van der Waals surface area contributed by atoms with Crippen LogP contribution in [0.2, 0.25) is 10.0 Å². The van der Waals surface area contributed by atoms with Gasteiger partial charge in [0, 0.05) is 5.56 Å². The van der Waals surface area contributed by atoms with E-state index in [0.29, 0.717) is 17.2 Å². The summed E-state index contributed by atoms with van der Waals surface area (Å²) in [5.41, 5.74) is 1.28. The highest BCUT2D eigenvalue weighted by Crippen LogP contribution is 2.22. The Balaban J connectivity index is 1.85. The average molecular weight is 395 g/mol. The molecule has 2 aromatic rings. The zero-order chi connectivity index (χ0) is 19.1. The van der Waals surface area contributed by atoms with Crippen LogP contribution in [0, 0.1) is 0 Å². The molecule has 0 bridgehead atoms. The van der Waals surface area contributed by atoms with Gasteiger partial charge in [-0.3, -0.25) is 9.59 Å². The van der Waals surface area contributed by atoms with Crippen LogP contribution in [0.4, 0.5) is 0 Å². The van der Waals surface area contributed by atoms with Gasteiger partial charge >= 0.3 is 0 Å². The van der Waals surface area contributed by atoms with Crippen molar-refractivity contribution in [1.82, 2.24) is 10.6 Å². The van der Waals surface area contributed by atoms with Gasteiger partial charge < -0.3 is 15.4 Å². The van der Waals surface area contributed by atoms with Crippen LogP contribution < -0.4 is 15.4 Å². The SMILES string of the molecule is CCOc1ccc(C(C)NC(=O)CNC(=O)c2ccc(Cl)c(Cl)c2)cc1. The Bertz CT molecular complexity index is 779. The Labute approximate surface area is 162 Å². The van der Waals surface area contributed by atoms with Gasteiger partial charge in [0.05, 0.1) is 29.2 Å². The number of nitrogens with one attached hydrogen (secondary N) is 2. The van der Waals surface area contributed by atoms with Gasteiger partial charge in [-0.05, 0) is 49.7 Å². The van der Waals surface area contributed by atoms with Gasteiger partial charge in [-0.25, -0.2) is 0 Å². The number of benzene rings is 2. The highest BCUT2D eigenvalue weighted by Gasteiger charge is 2.12. The average Bonchev–Trinajstić information content (AvgIpc) is 2.62. The zero-order valence-corrected chi connectivity index (χ0v) is 16.0. The van der Waals surface area contributed by atoms with Crippen molar-refractivity contribution in [2.24, 2.45) is 0 Å². The molecular weight excluding hydrogens is 375 g/mol. The first-order valence-electron chi connectivity index (χ1n) is 8.16. The third-order valence-corrected chi connectivity index (χ3v) is 4.40. The Hall–Kier alpha value is -2.24. The molecule has 1 unspecified atom stereocenters. The highest BCUT2D eigenvalue weighted by atomic mass is 35.5. The molecule has 0 aliphatic rings. The van der Waals surface area contributed by atoms with Gasteiger partial charge in [0.25, 0.3) is 5.91 Å². The molecule has 0 spiro atoms. The van der Waals surface area contributed by atoms with E-state index in [9.17, 15) is 9.59 Å². The molecule has 7 heteroatoms. The summed E-state index contributed by atoms with van der Waals surface area (Å²) < 4.78 is 5.39. The molecule has 0 radical (unpaired) electrons. The molecule has 2 N–H and O–H groups in total. The highest BCUT2D eigenvalue weighted by molar-refractivity contribution is 6.42. The fourth-order valence-electron chi connectivity index (χ4n) is 2.30. The van der Waals surface area contributed by atoms with Crippen LogP contribution in [0.15, 0.2) is 42.5 Å². The van der Waals surface area contributed by atoms with E-state index in [0.717, 1.165) is 11.3 Å². The maximum Gasteiger partial charge on any atom is 0.251 e. The van der Waals surface area contributed by atoms with Crippen molar-refractivity contribution in [2.75, 3.05) is 13.2 Å². The molecule has 0 saturated heterocycles. The lowest BCUT2D eigenvalue weighted by molar-refractivity contribution is -0.120. The van der Waals surface area contributed by atoms with Crippen LogP contribution >= 0.6 is 23.2 Å². The van der Waals surface area contributed by atoms with Crippen molar-refractivity contribution in [1.29, 1.82) is 0 Å². The van der Waals surface area contributed by atoms with Crippen LogP contribution in [0.25, 0.3) is 0 Å². The molecular formula is C19H20Cl2N2O3. The van der Waals surface area contributed by atoms with Crippen LogP contribution in [-0.2, 0) is 4.79 Å². The summed E-state index contributed by atoms with van der Waals surface area (Å²) in [7, 11) is 0. The zero-order valence-electron chi connectivity index (χ0n) is 14.5. The van der Waals surface area contributed by atoms with E-state index in [1.54, 1.807) is 6.07 Å². The topological polar surface area (TPSA) is 67.4 Å². The second-order valence-electron chi connectivity index (χ2n) is 5.60. The number of ether oxygens (including phenoxy) is 1. The van der Waals surface area contributed by atoms with Gasteiger partial charge in [-0.1, -0.05) is 35.3 Å². The number of hydrogen-bond acceptors (Lipinski definition) is 3. The second-order valence-corrected chi connectivity index (χ2v) is 6.42. The Kier molecular flexibility index (Phi) is 7.30. The summed E-state index contributed by atoms with van der Waals surface area (Å²) in [4.78, 5) is 24.1. The third kappa shape index (κ3) is 5.64. The Morgan fingerprint density at radius 1 is 1.08 bits per heavy atom. The van der Waals surface area contributed by atoms with Gasteiger partial charge in [0.1, 0.15) is 5.75 Å². The molecule has 0 aliphatic carbocycles. The number of halogens is 2. The van der Waals surface area contributed by atoms with Gasteiger partial charge in [0.2, 0.25) is 5.91 Å². The van der Waals surface area contributed by atoms with Crippen molar-refractivity contribution >= 4 is 35.0 Å². The molecule has 0 fully saturated rings. The molecule has 5 nitrogen and oxygen atoms in total. The van der Waals surface area contributed by atoms with Crippen molar-refractivity contribution in [3.8, 4) is 5.75 Å². The lowest BCUT2D eigenvalue weighted by Crippen LogP contribution is -2.38. The second kappa shape index (κ2) is 9.46. The number of carbonyl (C=O) groups excluding carboxylic acids is 2. The molecule has 26 heavy (non-hydrogen) atoms. The molecule has 0 saturated carbocycles. The van der Waals surface area contributed by atoms with E-state index in [1.807, 2.05) is 38.1 Å². The van der Waals surface area contributed by atoms with Gasteiger partial charge in [-0.15, -0.1) is 0 Å². The molecule has 2 amide bonds. The van der Waals surface area contributed by atoms with E-state index in [4.69, 9.17) is 27.9 Å². The summed E-state index contributed by atoms with van der Waals surface area (Å²) in [6.07, 6.45) is 0. The number of carbonyl (C=O) groups is 2. The van der Waals surface area contributed by atoms with Crippen molar-refractivity contribution < 1.29 is 14.3 Å². The summed E-state index contributed by atoms with van der Waals surface area (Å²) in [6.45, 7) is 4.25. The van der Waals surface area contributed by atoms with Crippen LogP contribution in [-0.4, -0.2) is 25.0 Å². The summed E-state index contributed by atoms with van der Waals surface area (Å²) in [5, 5.41) is 6.04. The molecule has 0 aromatic heterocycles. The number of hydrogen-bond donors (Lipinski definition) is 2. The monoisotopic (exact) mass is 394 g/mol. The summed E-state index contributed by atoms with van der Waals surface area (Å²) in [6, 6.07) is 11.8.